The van der Waals surface area contributed by atoms with Crippen LogP contribution in [0.5, 0.6) is 0 Å². The fraction of sp³-hybridized carbons (Fsp3) is 0.333. The summed E-state index contributed by atoms with van der Waals surface area (Å²) in [7, 11) is 0. The van der Waals surface area contributed by atoms with E-state index in [0.717, 1.165) is 0 Å². The summed E-state index contributed by atoms with van der Waals surface area (Å²) in [5, 5.41) is 18.4. The molecule has 1 aromatic carbocycles. The summed E-state index contributed by atoms with van der Waals surface area (Å²) in [6.45, 7) is 1.74. The standard InChI is InChI=1S/C12H14O4S/c1-3-9(13)7-5-4-6-8(11(7)17-2)10(14)12(15)16/h4-6,10,14H,3H2,1-2H3,(H,15,16). The molecule has 0 aliphatic heterocycles. The number of hydrogen-bond donors (Lipinski definition) is 2. The number of thioether (sulfide) groups is 1. The summed E-state index contributed by atoms with van der Waals surface area (Å²) >= 11 is 1.27. The largest absolute Gasteiger partial charge is 0.479 e. The highest BCUT2D eigenvalue weighted by molar-refractivity contribution is 7.98. The van der Waals surface area contributed by atoms with Crippen molar-refractivity contribution in [2.24, 2.45) is 0 Å². The third-order valence-corrected chi connectivity index (χ3v) is 3.26. The third kappa shape index (κ3) is 2.87. The number of rotatable bonds is 5. The van der Waals surface area contributed by atoms with Gasteiger partial charge in [-0.25, -0.2) is 4.79 Å². The number of carbonyl (C=O) groups is 2. The predicted octanol–water partition coefficient (Wildman–Crippen LogP) is 2.12. The Bertz CT molecular complexity index is 442. The number of aliphatic carboxylic acids is 1. The van der Waals surface area contributed by atoms with Gasteiger partial charge in [0.15, 0.2) is 11.9 Å². The van der Waals surface area contributed by atoms with E-state index in [9.17, 15) is 14.7 Å². The van der Waals surface area contributed by atoms with Crippen molar-refractivity contribution in [3.8, 4) is 0 Å². The zero-order valence-corrected chi connectivity index (χ0v) is 10.5. The topological polar surface area (TPSA) is 74.6 Å². The molecule has 17 heavy (non-hydrogen) atoms. The Morgan fingerprint density at radius 2 is 2.06 bits per heavy atom. The molecular formula is C12H14O4S. The minimum Gasteiger partial charge on any atom is -0.479 e. The van der Waals surface area contributed by atoms with Gasteiger partial charge >= 0.3 is 5.97 Å². The highest BCUT2D eigenvalue weighted by Crippen LogP contribution is 2.30. The molecular weight excluding hydrogens is 240 g/mol. The maximum absolute atomic E-state index is 11.7. The van der Waals surface area contributed by atoms with Crippen molar-refractivity contribution in [3.05, 3.63) is 29.3 Å². The minimum absolute atomic E-state index is 0.0613. The van der Waals surface area contributed by atoms with Gasteiger partial charge in [-0.1, -0.05) is 25.1 Å². The molecule has 0 aliphatic carbocycles. The Morgan fingerprint density at radius 3 is 2.53 bits per heavy atom. The van der Waals surface area contributed by atoms with E-state index in [0.29, 0.717) is 16.9 Å². The molecule has 92 valence electrons. The van der Waals surface area contributed by atoms with E-state index in [1.54, 1.807) is 25.3 Å². The number of carboxylic acid groups (broad SMARTS) is 1. The summed E-state index contributed by atoms with van der Waals surface area (Å²) < 4.78 is 0. The molecule has 0 saturated carbocycles. The van der Waals surface area contributed by atoms with E-state index < -0.39 is 12.1 Å². The summed E-state index contributed by atoms with van der Waals surface area (Å²) in [6, 6.07) is 4.76. The Kier molecular flexibility index (Phi) is 4.72. The zero-order chi connectivity index (χ0) is 13.0. The number of aliphatic hydroxyl groups excluding tert-OH is 1. The van der Waals surface area contributed by atoms with Crippen molar-refractivity contribution in [2.75, 3.05) is 6.26 Å². The first-order valence-electron chi connectivity index (χ1n) is 5.13. The van der Waals surface area contributed by atoms with Crippen molar-refractivity contribution < 1.29 is 19.8 Å². The van der Waals surface area contributed by atoms with E-state index in [1.807, 2.05) is 0 Å². The van der Waals surface area contributed by atoms with Crippen molar-refractivity contribution in [3.63, 3.8) is 0 Å². The van der Waals surface area contributed by atoms with E-state index in [-0.39, 0.29) is 11.3 Å². The van der Waals surface area contributed by atoms with Crippen LogP contribution in [0.3, 0.4) is 0 Å². The molecule has 1 unspecified atom stereocenters. The lowest BCUT2D eigenvalue weighted by molar-refractivity contribution is -0.147. The lowest BCUT2D eigenvalue weighted by Crippen LogP contribution is -2.13. The highest BCUT2D eigenvalue weighted by Gasteiger charge is 2.22. The average molecular weight is 254 g/mol. The number of Topliss-reactive ketones (excluding diaryl/α,β-unsaturated/α-hetero) is 1. The number of carbonyl (C=O) groups excluding carboxylic acids is 1. The number of aliphatic hydroxyl groups is 1. The molecule has 1 atom stereocenters. The van der Waals surface area contributed by atoms with E-state index >= 15 is 0 Å². The maximum atomic E-state index is 11.7. The molecule has 0 saturated heterocycles. The quantitative estimate of drug-likeness (QED) is 0.622. The van der Waals surface area contributed by atoms with Crippen LogP contribution < -0.4 is 0 Å². The van der Waals surface area contributed by atoms with Gasteiger partial charge in [0.25, 0.3) is 0 Å². The summed E-state index contributed by atoms with van der Waals surface area (Å²) in [4.78, 5) is 23.0. The molecule has 1 aromatic rings. The third-order valence-electron chi connectivity index (χ3n) is 2.40. The van der Waals surface area contributed by atoms with Gasteiger partial charge in [0.05, 0.1) is 0 Å². The first-order chi connectivity index (χ1) is 8.02. The average Bonchev–Trinajstić information content (AvgIpc) is 2.35. The number of ketones is 1. The second-order valence-corrected chi connectivity index (χ2v) is 4.26. The second-order valence-electron chi connectivity index (χ2n) is 3.45. The van der Waals surface area contributed by atoms with Gasteiger partial charge in [-0.15, -0.1) is 11.8 Å². The normalized spacial score (nSPS) is 12.2. The van der Waals surface area contributed by atoms with Gasteiger partial charge in [0.1, 0.15) is 0 Å². The molecule has 2 N–H and O–H groups in total. The van der Waals surface area contributed by atoms with Crippen LogP contribution in [0.4, 0.5) is 0 Å². The zero-order valence-electron chi connectivity index (χ0n) is 9.64. The molecule has 0 fully saturated rings. The van der Waals surface area contributed by atoms with E-state index in [4.69, 9.17) is 5.11 Å². The molecule has 0 amide bonds. The molecule has 0 heterocycles. The molecule has 4 nitrogen and oxygen atoms in total. The first kappa shape index (κ1) is 13.7. The Morgan fingerprint density at radius 1 is 1.41 bits per heavy atom. The van der Waals surface area contributed by atoms with Crippen LogP contribution in [-0.2, 0) is 4.79 Å². The molecule has 0 aliphatic rings. The Hall–Kier alpha value is -1.33. The summed E-state index contributed by atoms with van der Waals surface area (Å²) in [6.07, 6.45) is 0.502. The Balaban J connectivity index is 3.32. The molecule has 5 heteroatoms. The van der Waals surface area contributed by atoms with E-state index in [1.165, 1.54) is 17.8 Å². The van der Waals surface area contributed by atoms with Gasteiger partial charge in [0.2, 0.25) is 0 Å². The van der Waals surface area contributed by atoms with Crippen LogP contribution in [-0.4, -0.2) is 28.2 Å². The number of hydrogen-bond acceptors (Lipinski definition) is 4. The first-order valence-corrected chi connectivity index (χ1v) is 6.36. The summed E-state index contributed by atoms with van der Waals surface area (Å²) in [5.74, 6) is -1.38. The van der Waals surface area contributed by atoms with Crippen molar-refractivity contribution in [1.29, 1.82) is 0 Å². The lowest BCUT2D eigenvalue weighted by atomic mass is 10.0. The smallest absolute Gasteiger partial charge is 0.337 e. The second kappa shape index (κ2) is 5.84. The lowest BCUT2D eigenvalue weighted by Gasteiger charge is -2.13. The van der Waals surface area contributed by atoms with Gasteiger partial charge < -0.3 is 10.2 Å². The minimum atomic E-state index is -1.60. The molecule has 0 aromatic heterocycles. The van der Waals surface area contributed by atoms with Gasteiger partial charge in [-0.05, 0) is 6.26 Å². The van der Waals surface area contributed by atoms with Crippen LogP contribution in [0.15, 0.2) is 23.1 Å². The van der Waals surface area contributed by atoms with Crippen LogP contribution in [0, 0.1) is 0 Å². The van der Waals surface area contributed by atoms with Crippen molar-refractivity contribution in [1.82, 2.24) is 0 Å². The van der Waals surface area contributed by atoms with Crippen LogP contribution in [0.25, 0.3) is 0 Å². The van der Waals surface area contributed by atoms with E-state index in [2.05, 4.69) is 0 Å². The molecule has 0 bridgehead atoms. The van der Waals surface area contributed by atoms with Gasteiger partial charge in [-0.2, -0.15) is 0 Å². The van der Waals surface area contributed by atoms with Gasteiger partial charge in [0, 0.05) is 22.4 Å². The predicted molar refractivity (Wildman–Crippen MR) is 65.4 cm³/mol. The molecule has 0 radical (unpaired) electrons. The number of benzene rings is 1. The monoisotopic (exact) mass is 254 g/mol. The van der Waals surface area contributed by atoms with Crippen LogP contribution >= 0.6 is 11.8 Å². The molecule has 0 spiro atoms. The highest BCUT2D eigenvalue weighted by atomic mass is 32.2. The Labute approximate surface area is 104 Å². The SMILES string of the molecule is CCC(=O)c1cccc(C(O)C(=O)O)c1SC. The van der Waals surface area contributed by atoms with Crippen molar-refractivity contribution in [2.45, 2.75) is 24.3 Å². The van der Waals surface area contributed by atoms with Crippen LogP contribution in [0.2, 0.25) is 0 Å². The fourth-order valence-electron chi connectivity index (χ4n) is 1.54. The number of carboxylic acids is 1. The molecule has 1 rings (SSSR count). The van der Waals surface area contributed by atoms with Crippen molar-refractivity contribution >= 4 is 23.5 Å². The summed E-state index contributed by atoms with van der Waals surface area (Å²) in [5.41, 5.74) is 0.738. The maximum Gasteiger partial charge on any atom is 0.337 e. The fourth-order valence-corrected chi connectivity index (χ4v) is 2.36. The van der Waals surface area contributed by atoms with Gasteiger partial charge in [-0.3, -0.25) is 4.79 Å². The van der Waals surface area contributed by atoms with Crippen LogP contribution in [0.1, 0.15) is 35.4 Å².